The van der Waals surface area contributed by atoms with Gasteiger partial charge < -0.3 is 5.32 Å². The standard InChI is InChI=1S/C11H20N2/c1-12-8-6-10-4-5-11(7-8)13(10)9-2-3-9/h8-12H,2-7H2,1H3. The highest BCUT2D eigenvalue weighted by Gasteiger charge is 2.46. The second-order valence-corrected chi connectivity index (χ2v) is 5.02. The summed E-state index contributed by atoms with van der Waals surface area (Å²) in [6.45, 7) is 0. The lowest BCUT2D eigenvalue weighted by Gasteiger charge is -2.39. The van der Waals surface area contributed by atoms with Gasteiger partial charge in [0, 0.05) is 24.2 Å². The zero-order valence-electron chi connectivity index (χ0n) is 8.50. The van der Waals surface area contributed by atoms with Gasteiger partial charge in [0.2, 0.25) is 0 Å². The van der Waals surface area contributed by atoms with E-state index in [1.54, 1.807) is 0 Å². The SMILES string of the molecule is CNC1CC2CCC(C1)N2C1CC1. The summed E-state index contributed by atoms with van der Waals surface area (Å²) in [4.78, 5) is 2.86. The number of nitrogens with one attached hydrogen (secondary N) is 1. The van der Waals surface area contributed by atoms with Crippen molar-refractivity contribution in [1.82, 2.24) is 10.2 Å². The van der Waals surface area contributed by atoms with Crippen LogP contribution >= 0.6 is 0 Å². The highest BCUT2D eigenvalue weighted by molar-refractivity contribution is 5.03. The molecule has 0 radical (unpaired) electrons. The Morgan fingerprint density at radius 2 is 1.46 bits per heavy atom. The summed E-state index contributed by atoms with van der Waals surface area (Å²) in [6, 6.07) is 3.68. The molecule has 1 saturated carbocycles. The Morgan fingerprint density at radius 3 is 1.92 bits per heavy atom. The van der Waals surface area contributed by atoms with Gasteiger partial charge in [-0.15, -0.1) is 0 Å². The molecule has 0 aromatic heterocycles. The number of fused-ring (bicyclic) bond motifs is 2. The summed E-state index contributed by atoms with van der Waals surface area (Å²) >= 11 is 0. The van der Waals surface area contributed by atoms with Gasteiger partial charge in [-0.25, -0.2) is 0 Å². The van der Waals surface area contributed by atoms with Crippen LogP contribution in [0, 0.1) is 0 Å². The Kier molecular flexibility index (Phi) is 1.88. The predicted molar refractivity (Wildman–Crippen MR) is 53.8 cm³/mol. The lowest BCUT2D eigenvalue weighted by molar-refractivity contribution is 0.111. The van der Waals surface area contributed by atoms with Gasteiger partial charge in [0.05, 0.1) is 0 Å². The molecule has 0 amide bonds. The third-order valence-corrected chi connectivity index (χ3v) is 4.17. The van der Waals surface area contributed by atoms with Crippen LogP contribution < -0.4 is 5.32 Å². The van der Waals surface area contributed by atoms with Gasteiger partial charge in [-0.2, -0.15) is 0 Å². The van der Waals surface area contributed by atoms with Crippen LogP contribution in [0.25, 0.3) is 0 Å². The molecule has 2 bridgehead atoms. The maximum Gasteiger partial charge on any atom is 0.0116 e. The summed E-state index contributed by atoms with van der Waals surface area (Å²) in [7, 11) is 2.12. The lowest BCUT2D eigenvalue weighted by Crippen LogP contribution is -2.49. The van der Waals surface area contributed by atoms with E-state index in [9.17, 15) is 0 Å². The molecule has 3 fully saturated rings. The highest BCUT2D eigenvalue weighted by Crippen LogP contribution is 2.43. The minimum absolute atomic E-state index is 0.812. The Morgan fingerprint density at radius 1 is 0.923 bits per heavy atom. The molecule has 3 rings (SSSR count). The van der Waals surface area contributed by atoms with Crippen molar-refractivity contribution in [1.29, 1.82) is 0 Å². The van der Waals surface area contributed by atoms with Crippen LogP contribution in [0.1, 0.15) is 38.5 Å². The minimum Gasteiger partial charge on any atom is -0.317 e. The molecule has 2 atom stereocenters. The molecule has 0 aromatic carbocycles. The average molecular weight is 180 g/mol. The van der Waals surface area contributed by atoms with Gasteiger partial charge >= 0.3 is 0 Å². The molecule has 2 nitrogen and oxygen atoms in total. The first-order chi connectivity index (χ1) is 6.38. The smallest absolute Gasteiger partial charge is 0.0116 e. The van der Waals surface area contributed by atoms with E-state index in [1.807, 2.05) is 0 Å². The normalized spacial score (nSPS) is 45.5. The van der Waals surface area contributed by atoms with E-state index in [0.29, 0.717) is 0 Å². The van der Waals surface area contributed by atoms with Crippen molar-refractivity contribution in [3.8, 4) is 0 Å². The van der Waals surface area contributed by atoms with Crippen LogP contribution in [-0.4, -0.2) is 36.1 Å². The van der Waals surface area contributed by atoms with Gasteiger partial charge in [-0.3, -0.25) is 4.90 Å². The van der Waals surface area contributed by atoms with Crippen molar-refractivity contribution in [3.63, 3.8) is 0 Å². The van der Waals surface area contributed by atoms with Crippen LogP contribution in [0.5, 0.6) is 0 Å². The first-order valence-corrected chi connectivity index (χ1v) is 5.83. The summed E-state index contributed by atoms with van der Waals surface area (Å²) in [5, 5.41) is 3.46. The van der Waals surface area contributed by atoms with Gasteiger partial charge in [0.15, 0.2) is 0 Å². The molecule has 1 aliphatic carbocycles. The molecule has 2 aliphatic heterocycles. The van der Waals surface area contributed by atoms with E-state index in [0.717, 1.165) is 24.2 Å². The Balaban J connectivity index is 1.73. The highest BCUT2D eigenvalue weighted by atomic mass is 15.3. The second kappa shape index (κ2) is 2.96. The van der Waals surface area contributed by atoms with E-state index in [-0.39, 0.29) is 0 Å². The number of hydrogen-bond donors (Lipinski definition) is 1. The predicted octanol–water partition coefficient (Wildman–Crippen LogP) is 1.36. The number of piperidine rings is 1. The Labute approximate surface area is 80.7 Å². The average Bonchev–Trinajstić information content (AvgIpc) is 2.95. The molecule has 2 unspecified atom stereocenters. The molecule has 13 heavy (non-hydrogen) atoms. The van der Waals surface area contributed by atoms with Crippen LogP contribution in [-0.2, 0) is 0 Å². The minimum atomic E-state index is 0.812. The zero-order chi connectivity index (χ0) is 8.84. The van der Waals surface area contributed by atoms with Gasteiger partial charge in [0.25, 0.3) is 0 Å². The first kappa shape index (κ1) is 8.25. The second-order valence-electron chi connectivity index (χ2n) is 5.02. The van der Waals surface area contributed by atoms with Crippen molar-refractivity contribution in [2.45, 2.75) is 62.7 Å². The molecule has 1 N–H and O–H groups in total. The van der Waals surface area contributed by atoms with E-state index in [4.69, 9.17) is 0 Å². The fraction of sp³-hybridized carbons (Fsp3) is 1.00. The van der Waals surface area contributed by atoms with Crippen LogP contribution in [0.15, 0.2) is 0 Å². The van der Waals surface area contributed by atoms with Crippen molar-refractivity contribution in [2.24, 2.45) is 0 Å². The van der Waals surface area contributed by atoms with Crippen molar-refractivity contribution in [3.05, 3.63) is 0 Å². The van der Waals surface area contributed by atoms with Crippen molar-refractivity contribution >= 4 is 0 Å². The van der Waals surface area contributed by atoms with Crippen molar-refractivity contribution in [2.75, 3.05) is 7.05 Å². The molecule has 3 aliphatic rings. The lowest BCUT2D eigenvalue weighted by atomic mass is 9.97. The Bertz CT molecular complexity index is 186. The summed E-state index contributed by atoms with van der Waals surface area (Å²) in [5.74, 6) is 0. The van der Waals surface area contributed by atoms with E-state index in [1.165, 1.54) is 38.5 Å². The van der Waals surface area contributed by atoms with Crippen LogP contribution in [0.2, 0.25) is 0 Å². The molecule has 74 valence electrons. The molecule has 2 heterocycles. The Hall–Kier alpha value is -0.0800. The fourth-order valence-electron chi connectivity index (χ4n) is 3.42. The largest absolute Gasteiger partial charge is 0.317 e. The molecule has 2 saturated heterocycles. The van der Waals surface area contributed by atoms with Gasteiger partial charge in [-0.05, 0) is 45.6 Å². The summed E-state index contributed by atoms with van der Waals surface area (Å²) < 4.78 is 0. The van der Waals surface area contributed by atoms with Crippen molar-refractivity contribution < 1.29 is 0 Å². The summed E-state index contributed by atoms with van der Waals surface area (Å²) in [6.07, 6.45) is 8.72. The van der Waals surface area contributed by atoms with Crippen LogP contribution in [0.4, 0.5) is 0 Å². The quantitative estimate of drug-likeness (QED) is 0.690. The molecule has 2 heteroatoms. The van der Waals surface area contributed by atoms with E-state index < -0.39 is 0 Å². The zero-order valence-corrected chi connectivity index (χ0v) is 8.50. The maximum atomic E-state index is 3.46. The van der Waals surface area contributed by atoms with Gasteiger partial charge in [-0.1, -0.05) is 0 Å². The van der Waals surface area contributed by atoms with E-state index >= 15 is 0 Å². The third kappa shape index (κ3) is 1.31. The first-order valence-electron chi connectivity index (χ1n) is 5.83. The fourth-order valence-corrected chi connectivity index (χ4v) is 3.42. The molecule has 0 aromatic rings. The van der Waals surface area contributed by atoms with Crippen LogP contribution in [0.3, 0.4) is 0 Å². The number of hydrogen-bond acceptors (Lipinski definition) is 2. The third-order valence-electron chi connectivity index (χ3n) is 4.17. The van der Waals surface area contributed by atoms with E-state index in [2.05, 4.69) is 17.3 Å². The number of nitrogens with zero attached hydrogens (tertiary/aromatic N) is 1. The monoisotopic (exact) mass is 180 g/mol. The maximum absolute atomic E-state index is 3.46. The topological polar surface area (TPSA) is 15.3 Å². The molecule has 0 spiro atoms. The number of rotatable bonds is 2. The van der Waals surface area contributed by atoms with Gasteiger partial charge in [0.1, 0.15) is 0 Å². The molecular formula is C11H20N2. The molecular weight excluding hydrogens is 160 g/mol. The summed E-state index contributed by atoms with van der Waals surface area (Å²) in [5.41, 5.74) is 0.